The number of anilines is 2. The second-order valence-corrected chi connectivity index (χ2v) is 4.26. The summed E-state index contributed by atoms with van der Waals surface area (Å²) in [6, 6.07) is 2.89. The number of halogens is 1. The monoisotopic (exact) mass is 240 g/mol. The van der Waals surface area contributed by atoms with Gasteiger partial charge in [0.2, 0.25) is 0 Å². The fourth-order valence-corrected chi connectivity index (χ4v) is 2.10. The molecule has 1 heterocycles. The number of ether oxygens (including phenoxy) is 1. The summed E-state index contributed by atoms with van der Waals surface area (Å²) < 4.78 is 18.3. The van der Waals surface area contributed by atoms with Crippen LogP contribution < -0.4 is 15.4 Å². The Morgan fingerprint density at radius 3 is 2.65 bits per heavy atom. The van der Waals surface area contributed by atoms with Gasteiger partial charge in [-0.3, -0.25) is 0 Å². The normalized spacial score (nSPS) is 17.2. The second-order valence-electron chi connectivity index (χ2n) is 4.26. The average Bonchev–Trinajstić information content (AvgIpc) is 2.31. The third kappa shape index (κ3) is 2.44. The minimum absolute atomic E-state index is 0.195. The Bertz CT molecular complexity index is 404. The van der Waals surface area contributed by atoms with Crippen molar-refractivity contribution in [2.24, 2.45) is 0 Å². The van der Waals surface area contributed by atoms with Crippen LogP contribution in [0.1, 0.15) is 12.8 Å². The van der Waals surface area contributed by atoms with Gasteiger partial charge in [0.15, 0.2) is 11.6 Å². The van der Waals surface area contributed by atoms with Crippen LogP contribution in [-0.4, -0.2) is 31.4 Å². The van der Waals surface area contributed by atoms with Crippen molar-refractivity contribution in [1.29, 1.82) is 0 Å². The van der Waals surface area contributed by atoms with Gasteiger partial charge < -0.3 is 20.5 Å². The molecule has 1 aromatic carbocycles. The summed E-state index contributed by atoms with van der Waals surface area (Å²) in [6.45, 7) is 1.44. The summed E-state index contributed by atoms with van der Waals surface area (Å²) in [5.41, 5.74) is 6.99. The minimum atomic E-state index is -0.453. The maximum atomic E-state index is 13.4. The van der Waals surface area contributed by atoms with Crippen LogP contribution in [0.2, 0.25) is 0 Å². The zero-order chi connectivity index (χ0) is 12.4. The molecule has 0 amide bonds. The van der Waals surface area contributed by atoms with Crippen LogP contribution in [0.15, 0.2) is 12.1 Å². The van der Waals surface area contributed by atoms with E-state index in [1.165, 1.54) is 13.2 Å². The molecule has 0 bridgehead atoms. The molecular weight excluding hydrogens is 223 g/mol. The Balaban J connectivity index is 2.25. The number of piperidine rings is 1. The van der Waals surface area contributed by atoms with E-state index in [0.29, 0.717) is 18.5 Å². The first-order valence-corrected chi connectivity index (χ1v) is 5.68. The van der Waals surface area contributed by atoms with E-state index in [-0.39, 0.29) is 11.9 Å². The number of aliphatic hydroxyl groups is 1. The highest BCUT2D eigenvalue weighted by Crippen LogP contribution is 2.32. The number of nitrogens with two attached hydrogens (primary N) is 1. The first-order chi connectivity index (χ1) is 8.11. The molecule has 0 aromatic heterocycles. The van der Waals surface area contributed by atoms with Crippen LogP contribution in [-0.2, 0) is 0 Å². The second kappa shape index (κ2) is 4.79. The van der Waals surface area contributed by atoms with Gasteiger partial charge in [0.05, 0.1) is 24.6 Å². The molecule has 0 unspecified atom stereocenters. The van der Waals surface area contributed by atoms with Crippen molar-refractivity contribution >= 4 is 11.4 Å². The topological polar surface area (TPSA) is 58.7 Å². The molecule has 0 atom stereocenters. The number of aliphatic hydroxyl groups excluding tert-OH is 1. The lowest BCUT2D eigenvalue weighted by Gasteiger charge is -2.32. The van der Waals surface area contributed by atoms with Gasteiger partial charge in [-0.05, 0) is 12.8 Å². The lowest BCUT2D eigenvalue weighted by molar-refractivity contribution is 0.145. The predicted molar refractivity (Wildman–Crippen MR) is 64.8 cm³/mol. The molecule has 2 rings (SSSR count). The van der Waals surface area contributed by atoms with Crippen molar-refractivity contribution in [2.45, 2.75) is 18.9 Å². The molecule has 1 aliphatic heterocycles. The highest BCUT2D eigenvalue weighted by molar-refractivity contribution is 5.70. The molecule has 0 spiro atoms. The number of benzene rings is 1. The number of hydrogen-bond acceptors (Lipinski definition) is 4. The molecule has 0 radical (unpaired) electrons. The number of rotatable bonds is 2. The first kappa shape index (κ1) is 12.0. The summed E-state index contributed by atoms with van der Waals surface area (Å²) in [5.74, 6) is -0.258. The van der Waals surface area contributed by atoms with Crippen LogP contribution in [0.25, 0.3) is 0 Å². The Labute approximate surface area is 99.8 Å². The predicted octanol–water partition coefficient (Wildman–Crippen LogP) is 1.38. The summed E-state index contributed by atoms with van der Waals surface area (Å²) in [7, 11) is 1.43. The van der Waals surface area contributed by atoms with Gasteiger partial charge in [-0.2, -0.15) is 0 Å². The van der Waals surface area contributed by atoms with Gasteiger partial charge in [-0.1, -0.05) is 0 Å². The van der Waals surface area contributed by atoms with Crippen molar-refractivity contribution in [2.75, 3.05) is 30.8 Å². The van der Waals surface area contributed by atoms with E-state index in [2.05, 4.69) is 0 Å². The number of nitrogen functional groups attached to an aromatic ring is 1. The molecule has 1 fully saturated rings. The number of hydrogen-bond donors (Lipinski definition) is 2. The van der Waals surface area contributed by atoms with Gasteiger partial charge in [0.25, 0.3) is 0 Å². The van der Waals surface area contributed by atoms with E-state index in [9.17, 15) is 9.50 Å². The molecule has 4 nitrogen and oxygen atoms in total. The SMILES string of the molecule is COc1cc(N2CCC(O)CC2)c(N)cc1F. The molecule has 3 N–H and O–H groups in total. The zero-order valence-corrected chi connectivity index (χ0v) is 9.82. The largest absolute Gasteiger partial charge is 0.494 e. The molecular formula is C12H17FN2O2. The molecule has 1 saturated heterocycles. The zero-order valence-electron chi connectivity index (χ0n) is 9.82. The van der Waals surface area contributed by atoms with Crippen LogP contribution in [0, 0.1) is 5.82 Å². The molecule has 1 aromatic rings. The standard InChI is InChI=1S/C12H17FN2O2/c1-17-12-7-11(10(14)6-9(12)13)15-4-2-8(16)3-5-15/h6-8,16H,2-5,14H2,1H3. The average molecular weight is 240 g/mol. The highest BCUT2D eigenvalue weighted by atomic mass is 19.1. The molecule has 5 heteroatoms. The van der Waals surface area contributed by atoms with Gasteiger partial charge in [-0.25, -0.2) is 4.39 Å². The van der Waals surface area contributed by atoms with Gasteiger partial charge in [-0.15, -0.1) is 0 Å². The van der Waals surface area contributed by atoms with E-state index in [1.54, 1.807) is 6.07 Å². The lowest BCUT2D eigenvalue weighted by Crippen LogP contribution is -2.36. The van der Waals surface area contributed by atoms with Crippen LogP contribution in [0.3, 0.4) is 0 Å². The van der Waals surface area contributed by atoms with E-state index in [0.717, 1.165) is 18.8 Å². The van der Waals surface area contributed by atoms with E-state index in [1.807, 2.05) is 4.90 Å². The van der Waals surface area contributed by atoms with Gasteiger partial charge in [0.1, 0.15) is 0 Å². The Hall–Kier alpha value is -1.49. The lowest BCUT2D eigenvalue weighted by atomic mass is 10.1. The molecule has 0 aliphatic carbocycles. The van der Waals surface area contributed by atoms with Crippen LogP contribution in [0.5, 0.6) is 5.75 Å². The highest BCUT2D eigenvalue weighted by Gasteiger charge is 2.20. The molecule has 1 aliphatic rings. The quantitative estimate of drug-likeness (QED) is 0.767. The summed E-state index contributed by atoms with van der Waals surface area (Å²) in [4.78, 5) is 2.05. The summed E-state index contributed by atoms with van der Waals surface area (Å²) >= 11 is 0. The maximum absolute atomic E-state index is 13.4. The molecule has 0 saturated carbocycles. The van der Waals surface area contributed by atoms with Crippen molar-refractivity contribution in [3.8, 4) is 5.75 Å². The van der Waals surface area contributed by atoms with Crippen molar-refractivity contribution in [1.82, 2.24) is 0 Å². The summed E-state index contributed by atoms with van der Waals surface area (Å²) in [6.07, 6.45) is 1.17. The van der Waals surface area contributed by atoms with Crippen LogP contribution in [0.4, 0.5) is 15.8 Å². The third-order valence-electron chi connectivity index (χ3n) is 3.11. The smallest absolute Gasteiger partial charge is 0.167 e. The fraction of sp³-hybridized carbons (Fsp3) is 0.500. The first-order valence-electron chi connectivity index (χ1n) is 5.68. The Kier molecular flexibility index (Phi) is 3.38. The van der Waals surface area contributed by atoms with Crippen molar-refractivity contribution in [3.63, 3.8) is 0 Å². The van der Waals surface area contributed by atoms with Gasteiger partial charge >= 0.3 is 0 Å². The van der Waals surface area contributed by atoms with E-state index < -0.39 is 5.82 Å². The summed E-state index contributed by atoms with van der Waals surface area (Å²) in [5, 5.41) is 9.45. The number of methoxy groups -OCH3 is 1. The Morgan fingerprint density at radius 2 is 2.06 bits per heavy atom. The maximum Gasteiger partial charge on any atom is 0.167 e. The third-order valence-corrected chi connectivity index (χ3v) is 3.11. The van der Waals surface area contributed by atoms with Crippen molar-refractivity contribution in [3.05, 3.63) is 17.9 Å². The van der Waals surface area contributed by atoms with Gasteiger partial charge in [0, 0.05) is 25.2 Å². The minimum Gasteiger partial charge on any atom is -0.494 e. The Morgan fingerprint density at radius 1 is 1.41 bits per heavy atom. The van der Waals surface area contributed by atoms with E-state index in [4.69, 9.17) is 10.5 Å². The van der Waals surface area contributed by atoms with E-state index >= 15 is 0 Å². The fourth-order valence-electron chi connectivity index (χ4n) is 2.10. The van der Waals surface area contributed by atoms with Crippen molar-refractivity contribution < 1.29 is 14.2 Å². The van der Waals surface area contributed by atoms with Crippen LogP contribution >= 0.6 is 0 Å². The molecule has 17 heavy (non-hydrogen) atoms. The molecule has 94 valence electrons. The number of nitrogens with zero attached hydrogens (tertiary/aromatic N) is 1.